The van der Waals surface area contributed by atoms with Gasteiger partial charge in [0.15, 0.2) is 0 Å². The molecule has 0 amide bonds. The quantitative estimate of drug-likeness (QED) is 0.798. The van der Waals surface area contributed by atoms with E-state index in [-0.39, 0.29) is 0 Å². The summed E-state index contributed by atoms with van der Waals surface area (Å²) in [6.45, 7) is 0.759. The number of thiophene rings is 1. The molecule has 2 aromatic heterocycles. The summed E-state index contributed by atoms with van der Waals surface area (Å²) < 4.78 is 2.18. The van der Waals surface area contributed by atoms with E-state index in [0.717, 1.165) is 30.7 Å². The molecular weight excluding hydrogens is 284 g/mol. The number of aromatic carboxylic acids is 1. The molecule has 1 saturated carbocycles. The molecule has 0 bridgehead atoms. The molecule has 0 atom stereocenters. The van der Waals surface area contributed by atoms with E-state index in [2.05, 4.69) is 26.4 Å². The van der Waals surface area contributed by atoms with Crippen molar-refractivity contribution in [2.45, 2.75) is 25.3 Å². The van der Waals surface area contributed by atoms with Crippen molar-refractivity contribution in [3.05, 3.63) is 52.0 Å². The number of fused-ring (bicyclic) bond motifs is 1. The summed E-state index contributed by atoms with van der Waals surface area (Å²) in [7, 11) is 0. The molecule has 1 fully saturated rings. The smallest absolute Gasteiger partial charge is 0.337 e. The van der Waals surface area contributed by atoms with Crippen molar-refractivity contribution in [2.75, 3.05) is 0 Å². The van der Waals surface area contributed by atoms with E-state index in [0.29, 0.717) is 17.0 Å². The maximum absolute atomic E-state index is 11.4. The zero-order valence-electron chi connectivity index (χ0n) is 11.3. The largest absolute Gasteiger partial charge is 0.478 e. The van der Waals surface area contributed by atoms with Crippen LogP contribution in [0.5, 0.6) is 0 Å². The number of carbonyl (C=O) groups is 1. The second-order valence-corrected chi connectivity index (χ2v) is 6.22. The summed E-state index contributed by atoms with van der Waals surface area (Å²) in [4.78, 5) is 16.1. The van der Waals surface area contributed by atoms with Gasteiger partial charge in [0.05, 0.1) is 17.6 Å². The van der Waals surface area contributed by atoms with Gasteiger partial charge in [0.25, 0.3) is 0 Å². The lowest BCUT2D eigenvalue weighted by Crippen LogP contribution is -2.03. The normalized spacial score (nSPS) is 14.7. The highest BCUT2D eigenvalue weighted by Gasteiger charge is 2.30. The predicted octanol–water partition coefficient (Wildman–Crippen LogP) is 3.72. The van der Waals surface area contributed by atoms with E-state index in [9.17, 15) is 9.90 Å². The fourth-order valence-corrected chi connectivity index (χ4v) is 3.38. The van der Waals surface area contributed by atoms with Crippen molar-refractivity contribution >= 4 is 28.3 Å². The van der Waals surface area contributed by atoms with Gasteiger partial charge < -0.3 is 9.67 Å². The van der Waals surface area contributed by atoms with Crippen LogP contribution in [0.3, 0.4) is 0 Å². The molecule has 106 valence electrons. The molecule has 0 spiro atoms. The van der Waals surface area contributed by atoms with Crippen LogP contribution in [0.4, 0.5) is 0 Å². The molecule has 0 radical (unpaired) electrons. The fraction of sp³-hybridized carbons (Fsp3) is 0.250. The predicted molar refractivity (Wildman–Crippen MR) is 82.1 cm³/mol. The minimum Gasteiger partial charge on any atom is -0.478 e. The standard InChI is InChI=1S/C16H14N2O2S/c19-16(20)12-2-1-3-13-14(12)17-15(11-4-5-11)18(13)8-10-6-7-21-9-10/h1-3,6-7,9,11H,4-5,8H2,(H,19,20). The number of rotatable bonds is 4. The zero-order valence-corrected chi connectivity index (χ0v) is 12.1. The Hall–Kier alpha value is -2.14. The topological polar surface area (TPSA) is 55.1 Å². The SMILES string of the molecule is O=C(O)c1cccc2c1nc(C1CC1)n2Cc1ccsc1. The fourth-order valence-electron chi connectivity index (χ4n) is 2.72. The number of imidazole rings is 1. The van der Waals surface area contributed by atoms with E-state index >= 15 is 0 Å². The third-order valence-electron chi connectivity index (χ3n) is 3.90. The van der Waals surface area contributed by atoms with Gasteiger partial charge in [0, 0.05) is 5.92 Å². The molecule has 1 N–H and O–H groups in total. The summed E-state index contributed by atoms with van der Waals surface area (Å²) in [5, 5.41) is 13.5. The Morgan fingerprint density at radius 3 is 2.90 bits per heavy atom. The van der Waals surface area contributed by atoms with E-state index in [4.69, 9.17) is 0 Å². The van der Waals surface area contributed by atoms with Crippen LogP contribution in [-0.2, 0) is 6.54 Å². The highest BCUT2D eigenvalue weighted by atomic mass is 32.1. The Balaban J connectivity index is 1.92. The second-order valence-electron chi connectivity index (χ2n) is 5.44. The third-order valence-corrected chi connectivity index (χ3v) is 4.63. The van der Waals surface area contributed by atoms with Crippen LogP contribution in [0, 0.1) is 0 Å². The van der Waals surface area contributed by atoms with Gasteiger partial charge in [0.2, 0.25) is 0 Å². The van der Waals surface area contributed by atoms with Crippen molar-refractivity contribution in [1.29, 1.82) is 0 Å². The van der Waals surface area contributed by atoms with Crippen molar-refractivity contribution in [2.24, 2.45) is 0 Å². The van der Waals surface area contributed by atoms with Crippen LogP contribution in [0.1, 0.15) is 40.5 Å². The van der Waals surface area contributed by atoms with Gasteiger partial charge >= 0.3 is 5.97 Å². The summed E-state index contributed by atoms with van der Waals surface area (Å²) in [6.07, 6.45) is 2.30. The van der Waals surface area contributed by atoms with Crippen molar-refractivity contribution in [3.8, 4) is 0 Å². The zero-order chi connectivity index (χ0) is 14.4. The highest BCUT2D eigenvalue weighted by Crippen LogP contribution is 2.41. The van der Waals surface area contributed by atoms with Gasteiger partial charge in [0.1, 0.15) is 11.3 Å². The highest BCUT2D eigenvalue weighted by molar-refractivity contribution is 7.07. The first kappa shape index (κ1) is 12.6. The molecular formula is C16H14N2O2S. The average Bonchev–Trinajstić information content (AvgIpc) is 3.07. The molecule has 3 aromatic rings. The van der Waals surface area contributed by atoms with E-state index in [1.54, 1.807) is 23.5 Å². The molecule has 0 saturated heterocycles. The van der Waals surface area contributed by atoms with Gasteiger partial charge in [-0.15, -0.1) is 0 Å². The molecule has 4 nitrogen and oxygen atoms in total. The number of carboxylic acid groups (broad SMARTS) is 1. The molecule has 1 aliphatic rings. The lowest BCUT2D eigenvalue weighted by molar-refractivity contribution is 0.0699. The van der Waals surface area contributed by atoms with Crippen LogP contribution < -0.4 is 0 Å². The molecule has 0 aliphatic heterocycles. The van der Waals surface area contributed by atoms with Crippen LogP contribution in [0.15, 0.2) is 35.0 Å². The first-order valence-corrected chi connectivity index (χ1v) is 7.92. The Morgan fingerprint density at radius 1 is 1.38 bits per heavy atom. The summed E-state index contributed by atoms with van der Waals surface area (Å²) >= 11 is 1.68. The number of benzene rings is 1. The Kier molecular flexibility index (Phi) is 2.82. The third kappa shape index (κ3) is 2.14. The van der Waals surface area contributed by atoms with Gasteiger partial charge in [-0.2, -0.15) is 11.3 Å². The van der Waals surface area contributed by atoms with Gasteiger partial charge in [-0.1, -0.05) is 6.07 Å². The first-order chi connectivity index (χ1) is 10.2. The van der Waals surface area contributed by atoms with E-state index < -0.39 is 5.97 Å². The lowest BCUT2D eigenvalue weighted by atomic mass is 10.2. The molecule has 1 aliphatic carbocycles. The van der Waals surface area contributed by atoms with E-state index in [1.165, 1.54) is 5.56 Å². The summed E-state index contributed by atoms with van der Waals surface area (Å²) in [5.74, 6) is 0.603. The number of carboxylic acids is 1. The first-order valence-electron chi connectivity index (χ1n) is 6.97. The number of hydrogen-bond acceptors (Lipinski definition) is 3. The minimum atomic E-state index is -0.914. The minimum absolute atomic E-state index is 0.290. The van der Waals surface area contributed by atoms with Crippen molar-refractivity contribution < 1.29 is 9.90 Å². The maximum Gasteiger partial charge on any atom is 0.337 e. The molecule has 5 heteroatoms. The Morgan fingerprint density at radius 2 is 2.24 bits per heavy atom. The number of para-hydroxylation sites is 1. The van der Waals surface area contributed by atoms with E-state index in [1.807, 2.05) is 6.07 Å². The summed E-state index contributed by atoms with van der Waals surface area (Å²) in [6, 6.07) is 7.50. The molecule has 4 rings (SSSR count). The molecule has 1 aromatic carbocycles. The molecule has 2 heterocycles. The molecule has 0 unspecified atom stereocenters. The van der Waals surface area contributed by atoms with Crippen molar-refractivity contribution in [1.82, 2.24) is 9.55 Å². The van der Waals surface area contributed by atoms with Gasteiger partial charge in [-0.25, -0.2) is 9.78 Å². The van der Waals surface area contributed by atoms with Crippen LogP contribution in [0.2, 0.25) is 0 Å². The maximum atomic E-state index is 11.4. The van der Waals surface area contributed by atoms with Crippen LogP contribution in [-0.4, -0.2) is 20.6 Å². The van der Waals surface area contributed by atoms with Crippen LogP contribution >= 0.6 is 11.3 Å². The monoisotopic (exact) mass is 298 g/mol. The average molecular weight is 298 g/mol. The van der Waals surface area contributed by atoms with Gasteiger partial charge in [-0.05, 0) is 47.4 Å². The van der Waals surface area contributed by atoms with Gasteiger partial charge in [-0.3, -0.25) is 0 Å². The second kappa shape index (κ2) is 4.70. The lowest BCUT2D eigenvalue weighted by Gasteiger charge is -2.07. The van der Waals surface area contributed by atoms with Crippen LogP contribution in [0.25, 0.3) is 11.0 Å². The number of hydrogen-bond donors (Lipinski definition) is 1. The Bertz CT molecular complexity index is 816. The number of aromatic nitrogens is 2. The molecule has 21 heavy (non-hydrogen) atoms. The Labute approximate surface area is 125 Å². The number of nitrogens with zero attached hydrogens (tertiary/aromatic N) is 2. The summed E-state index contributed by atoms with van der Waals surface area (Å²) in [5.41, 5.74) is 3.06. The van der Waals surface area contributed by atoms with Crippen molar-refractivity contribution in [3.63, 3.8) is 0 Å².